The number of hydrogen-bond acceptors (Lipinski definition) is 3. The van der Waals surface area contributed by atoms with E-state index >= 15 is 0 Å². The topological polar surface area (TPSA) is 38.5 Å². The Morgan fingerprint density at radius 3 is 2.36 bits per heavy atom. The molecule has 0 aliphatic heterocycles. The molecule has 0 bridgehead atoms. The lowest BCUT2D eigenvalue weighted by molar-refractivity contribution is 0.290. The highest BCUT2D eigenvalue weighted by Gasteiger charge is 2.08. The summed E-state index contributed by atoms with van der Waals surface area (Å²) in [4.78, 5) is 2.30. The largest absolute Gasteiger partial charge is 0.492 e. The van der Waals surface area contributed by atoms with Crippen LogP contribution >= 0.6 is 0 Å². The number of hydrogen-bond donors (Lipinski definition) is 1. The molecule has 1 unspecified atom stereocenters. The molecule has 118 valence electrons. The molecular formula is C19H26N2O. The Labute approximate surface area is 133 Å². The van der Waals surface area contributed by atoms with Crippen molar-refractivity contribution >= 4 is 5.69 Å². The number of rotatable bonds is 7. The summed E-state index contributed by atoms with van der Waals surface area (Å²) in [7, 11) is 0. The molecule has 3 heteroatoms. The highest BCUT2D eigenvalue weighted by molar-refractivity contribution is 5.50. The van der Waals surface area contributed by atoms with Crippen LogP contribution in [0.5, 0.6) is 5.75 Å². The van der Waals surface area contributed by atoms with Gasteiger partial charge in [-0.2, -0.15) is 0 Å². The van der Waals surface area contributed by atoms with E-state index in [0.717, 1.165) is 24.4 Å². The third-order valence-electron chi connectivity index (χ3n) is 3.88. The van der Waals surface area contributed by atoms with Gasteiger partial charge in [-0.1, -0.05) is 35.9 Å². The first-order valence-electron chi connectivity index (χ1n) is 7.94. The van der Waals surface area contributed by atoms with Gasteiger partial charge in [-0.3, -0.25) is 0 Å². The van der Waals surface area contributed by atoms with Gasteiger partial charge in [-0.25, -0.2) is 0 Å². The fourth-order valence-corrected chi connectivity index (χ4v) is 2.45. The molecule has 0 heterocycles. The maximum atomic E-state index is 6.21. The molecule has 0 aliphatic rings. The molecule has 0 amide bonds. The molecule has 1 atom stereocenters. The molecule has 2 aromatic rings. The van der Waals surface area contributed by atoms with Crippen molar-refractivity contribution < 1.29 is 4.74 Å². The minimum absolute atomic E-state index is 0.113. The smallest absolute Gasteiger partial charge is 0.121 e. The molecule has 0 aliphatic carbocycles. The summed E-state index contributed by atoms with van der Waals surface area (Å²) in [5.74, 6) is 0.868. The number of aryl methyl sites for hydroxylation is 1. The van der Waals surface area contributed by atoms with E-state index in [2.05, 4.69) is 62.1 Å². The van der Waals surface area contributed by atoms with Gasteiger partial charge in [0.05, 0.1) is 6.04 Å². The minimum atomic E-state index is -0.113. The first-order chi connectivity index (χ1) is 10.6. The quantitative estimate of drug-likeness (QED) is 0.842. The van der Waals surface area contributed by atoms with Crippen LogP contribution in [0.4, 0.5) is 5.69 Å². The van der Waals surface area contributed by atoms with Crippen molar-refractivity contribution in [2.24, 2.45) is 5.73 Å². The van der Waals surface area contributed by atoms with Gasteiger partial charge < -0.3 is 15.4 Å². The van der Waals surface area contributed by atoms with Crippen molar-refractivity contribution in [3.05, 3.63) is 59.7 Å². The predicted molar refractivity (Wildman–Crippen MR) is 93.6 cm³/mol. The second kappa shape index (κ2) is 7.85. The SMILES string of the molecule is CCN(CC)c1cccc(OCC(N)c2ccc(C)cc2)c1. The number of anilines is 1. The van der Waals surface area contributed by atoms with E-state index in [1.165, 1.54) is 11.3 Å². The van der Waals surface area contributed by atoms with Crippen LogP contribution in [0.1, 0.15) is 31.0 Å². The summed E-state index contributed by atoms with van der Waals surface area (Å²) in [6, 6.07) is 16.4. The normalized spacial score (nSPS) is 12.0. The molecule has 0 saturated carbocycles. The monoisotopic (exact) mass is 298 g/mol. The second-order valence-electron chi connectivity index (χ2n) is 5.50. The van der Waals surface area contributed by atoms with Gasteiger partial charge in [0.25, 0.3) is 0 Å². The van der Waals surface area contributed by atoms with Crippen LogP contribution < -0.4 is 15.4 Å². The molecule has 0 aromatic heterocycles. The molecule has 2 rings (SSSR count). The van der Waals surface area contributed by atoms with Crippen molar-refractivity contribution in [2.75, 3.05) is 24.6 Å². The van der Waals surface area contributed by atoms with E-state index in [1.54, 1.807) is 0 Å². The number of nitrogens with two attached hydrogens (primary N) is 1. The zero-order valence-corrected chi connectivity index (χ0v) is 13.8. The molecular weight excluding hydrogens is 272 g/mol. The van der Waals surface area contributed by atoms with E-state index in [-0.39, 0.29) is 6.04 Å². The van der Waals surface area contributed by atoms with E-state index in [1.807, 2.05) is 12.1 Å². The van der Waals surface area contributed by atoms with Gasteiger partial charge in [0.15, 0.2) is 0 Å². The Morgan fingerprint density at radius 2 is 1.73 bits per heavy atom. The first kappa shape index (κ1) is 16.4. The summed E-state index contributed by atoms with van der Waals surface area (Å²) in [6.07, 6.45) is 0. The standard InChI is InChI=1S/C19H26N2O/c1-4-21(5-2)17-7-6-8-18(13-17)22-14-19(20)16-11-9-15(3)10-12-16/h6-13,19H,4-5,14,20H2,1-3H3. The van der Waals surface area contributed by atoms with E-state index in [0.29, 0.717) is 6.61 Å². The van der Waals surface area contributed by atoms with Gasteiger partial charge in [0.2, 0.25) is 0 Å². The Balaban J connectivity index is 1.99. The van der Waals surface area contributed by atoms with Crippen molar-refractivity contribution in [3.63, 3.8) is 0 Å². The van der Waals surface area contributed by atoms with E-state index in [9.17, 15) is 0 Å². The third-order valence-corrected chi connectivity index (χ3v) is 3.88. The molecule has 2 N–H and O–H groups in total. The zero-order chi connectivity index (χ0) is 15.9. The molecule has 2 aromatic carbocycles. The van der Waals surface area contributed by atoms with Gasteiger partial charge in [-0.05, 0) is 38.5 Å². The summed E-state index contributed by atoms with van der Waals surface area (Å²) in [5.41, 5.74) is 9.74. The van der Waals surface area contributed by atoms with Crippen molar-refractivity contribution in [3.8, 4) is 5.75 Å². The number of ether oxygens (including phenoxy) is 1. The second-order valence-corrected chi connectivity index (χ2v) is 5.50. The maximum Gasteiger partial charge on any atom is 0.121 e. The fraction of sp³-hybridized carbons (Fsp3) is 0.368. The molecule has 0 fully saturated rings. The number of benzene rings is 2. The Bertz CT molecular complexity index is 576. The lowest BCUT2D eigenvalue weighted by Crippen LogP contribution is -2.22. The summed E-state index contributed by atoms with van der Waals surface area (Å²) in [6.45, 7) is 8.84. The lowest BCUT2D eigenvalue weighted by Gasteiger charge is -2.22. The van der Waals surface area contributed by atoms with Crippen molar-refractivity contribution in [1.82, 2.24) is 0 Å². The average molecular weight is 298 g/mol. The van der Waals surface area contributed by atoms with Crippen molar-refractivity contribution in [2.45, 2.75) is 26.8 Å². The van der Waals surface area contributed by atoms with Gasteiger partial charge in [-0.15, -0.1) is 0 Å². The minimum Gasteiger partial charge on any atom is -0.492 e. The van der Waals surface area contributed by atoms with Gasteiger partial charge >= 0.3 is 0 Å². The third kappa shape index (κ3) is 4.25. The van der Waals surface area contributed by atoms with Crippen LogP contribution in [-0.4, -0.2) is 19.7 Å². The van der Waals surface area contributed by atoms with Crippen LogP contribution in [0.3, 0.4) is 0 Å². The van der Waals surface area contributed by atoms with Crippen LogP contribution in [-0.2, 0) is 0 Å². The Morgan fingerprint density at radius 1 is 1.05 bits per heavy atom. The molecule has 3 nitrogen and oxygen atoms in total. The molecule has 0 spiro atoms. The van der Waals surface area contributed by atoms with Crippen LogP contribution in [0.15, 0.2) is 48.5 Å². The predicted octanol–water partition coefficient (Wildman–Crippen LogP) is 3.92. The lowest BCUT2D eigenvalue weighted by atomic mass is 10.1. The van der Waals surface area contributed by atoms with E-state index in [4.69, 9.17) is 10.5 Å². The summed E-state index contributed by atoms with van der Waals surface area (Å²) >= 11 is 0. The van der Waals surface area contributed by atoms with Crippen LogP contribution in [0.2, 0.25) is 0 Å². The summed E-state index contributed by atoms with van der Waals surface area (Å²) in [5, 5.41) is 0. The summed E-state index contributed by atoms with van der Waals surface area (Å²) < 4.78 is 5.88. The average Bonchev–Trinajstić information content (AvgIpc) is 2.55. The molecule has 22 heavy (non-hydrogen) atoms. The molecule has 0 saturated heterocycles. The van der Waals surface area contributed by atoms with Gasteiger partial charge in [0.1, 0.15) is 12.4 Å². The molecule has 0 radical (unpaired) electrons. The van der Waals surface area contributed by atoms with Gasteiger partial charge in [0, 0.05) is 24.8 Å². The van der Waals surface area contributed by atoms with E-state index < -0.39 is 0 Å². The highest BCUT2D eigenvalue weighted by atomic mass is 16.5. The van der Waals surface area contributed by atoms with Crippen LogP contribution in [0.25, 0.3) is 0 Å². The fourth-order valence-electron chi connectivity index (χ4n) is 2.45. The van der Waals surface area contributed by atoms with Crippen LogP contribution in [0, 0.1) is 6.92 Å². The first-order valence-corrected chi connectivity index (χ1v) is 7.94. The highest BCUT2D eigenvalue weighted by Crippen LogP contribution is 2.22. The number of nitrogens with zero attached hydrogens (tertiary/aromatic N) is 1. The Hall–Kier alpha value is -2.00. The maximum absolute atomic E-state index is 6.21. The van der Waals surface area contributed by atoms with Crippen molar-refractivity contribution in [1.29, 1.82) is 0 Å². The Kier molecular flexibility index (Phi) is 5.84. The zero-order valence-electron chi connectivity index (χ0n) is 13.8.